The van der Waals surface area contributed by atoms with Crippen molar-refractivity contribution in [2.75, 3.05) is 19.5 Å². The molecule has 11 heteroatoms. The molecule has 4 amide bonds. The number of benzene rings is 4. The van der Waals surface area contributed by atoms with Crippen molar-refractivity contribution in [3.8, 4) is 17.2 Å². The van der Waals surface area contributed by atoms with Crippen LogP contribution in [0.1, 0.15) is 36.6 Å². The molecule has 1 unspecified atom stereocenters. The van der Waals surface area contributed by atoms with Crippen molar-refractivity contribution in [2.24, 2.45) is 0 Å². The summed E-state index contributed by atoms with van der Waals surface area (Å²) in [7, 11) is 3.03. The molecule has 0 radical (unpaired) electrons. The monoisotopic (exact) mass is 582 g/mol. The highest BCUT2D eigenvalue weighted by atomic mass is 16.5. The Morgan fingerprint density at radius 3 is 1.81 bits per heavy atom. The first-order valence-corrected chi connectivity index (χ1v) is 13.1. The van der Waals surface area contributed by atoms with E-state index in [1.807, 2.05) is 0 Å². The number of anilines is 1. The van der Waals surface area contributed by atoms with Crippen LogP contribution in [0.25, 0.3) is 0 Å². The van der Waals surface area contributed by atoms with E-state index in [2.05, 4.69) is 21.5 Å². The number of rotatable bonds is 10. The van der Waals surface area contributed by atoms with Gasteiger partial charge in [0.05, 0.1) is 25.5 Å². The fourth-order valence-corrected chi connectivity index (χ4v) is 4.06. The van der Waals surface area contributed by atoms with Crippen LogP contribution in [0.15, 0.2) is 97.1 Å². The maximum Gasteiger partial charge on any atom is 0.269 e. The van der Waals surface area contributed by atoms with Gasteiger partial charge in [0.25, 0.3) is 23.6 Å². The highest BCUT2D eigenvalue weighted by Gasteiger charge is 2.24. The summed E-state index contributed by atoms with van der Waals surface area (Å²) < 4.78 is 10.2. The summed E-state index contributed by atoms with van der Waals surface area (Å²) in [5.74, 6) is -1.14. The Morgan fingerprint density at radius 1 is 0.674 bits per heavy atom. The van der Waals surface area contributed by atoms with Crippen LogP contribution < -0.4 is 31.0 Å². The Balaban J connectivity index is 1.49. The summed E-state index contributed by atoms with van der Waals surface area (Å²) in [5.41, 5.74) is 6.34. The van der Waals surface area contributed by atoms with Crippen LogP contribution in [0.2, 0.25) is 0 Å². The molecular formula is C32H30N4O7. The van der Waals surface area contributed by atoms with Crippen LogP contribution in [-0.4, -0.2) is 49.0 Å². The van der Waals surface area contributed by atoms with Crippen LogP contribution in [0, 0.1) is 0 Å². The van der Waals surface area contributed by atoms with Gasteiger partial charge in [-0.25, -0.2) is 0 Å². The molecule has 0 aromatic heterocycles. The third kappa shape index (κ3) is 8.10. The molecule has 0 aliphatic rings. The zero-order valence-electron chi connectivity index (χ0n) is 23.4. The second kappa shape index (κ2) is 14.2. The molecule has 0 aliphatic heterocycles. The molecule has 4 aromatic carbocycles. The van der Waals surface area contributed by atoms with E-state index >= 15 is 0 Å². The molecule has 43 heavy (non-hydrogen) atoms. The number of carbonyl (C=O) groups excluding carboxylic acids is 4. The maximum atomic E-state index is 13.4. The summed E-state index contributed by atoms with van der Waals surface area (Å²) in [6, 6.07) is 24.1. The third-order valence-electron chi connectivity index (χ3n) is 6.42. The number of phenols is 1. The number of ether oxygens (including phenoxy) is 2. The van der Waals surface area contributed by atoms with Gasteiger partial charge in [0.15, 0.2) is 0 Å². The van der Waals surface area contributed by atoms with Gasteiger partial charge in [-0.15, -0.1) is 0 Å². The minimum absolute atomic E-state index is 0.0383. The summed E-state index contributed by atoms with van der Waals surface area (Å²) in [4.78, 5) is 52.1. The van der Waals surface area contributed by atoms with E-state index in [0.717, 1.165) is 0 Å². The van der Waals surface area contributed by atoms with Crippen molar-refractivity contribution in [2.45, 2.75) is 12.5 Å². The molecular weight excluding hydrogens is 552 g/mol. The molecule has 0 saturated carbocycles. The van der Waals surface area contributed by atoms with Gasteiger partial charge in [0.2, 0.25) is 0 Å². The summed E-state index contributed by atoms with van der Waals surface area (Å²) in [5, 5.41) is 15.1. The number of carbonyl (C=O) groups is 4. The molecule has 4 rings (SSSR count). The van der Waals surface area contributed by atoms with Crippen LogP contribution in [0.3, 0.4) is 0 Å². The van der Waals surface area contributed by atoms with Gasteiger partial charge in [0.1, 0.15) is 23.3 Å². The molecule has 11 nitrogen and oxygen atoms in total. The number of hydrogen-bond donors (Lipinski definition) is 5. The highest BCUT2D eigenvalue weighted by molar-refractivity contribution is 6.09. The van der Waals surface area contributed by atoms with E-state index in [-0.39, 0.29) is 29.0 Å². The SMILES string of the molecule is COc1ccc(C(=O)NNC(=O)C(Cc2ccc(O)cc2)NC(=O)c2ccccc2NC(=O)c2ccc(OC)cc2)cc1. The Hall–Kier alpha value is -5.84. The molecule has 4 aromatic rings. The van der Waals surface area contributed by atoms with Gasteiger partial charge in [-0.3, -0.25) is 30.0 Å². The summed E-state index contributed by atoms with van der Waals surface area (Å²) >= 11 is 0. The molecule has 0 heterocycles. The Kier molecular flexibility index (Phi) is 9.93. The van der Waals surface area contributed by atoms with Crippen molar-refractivity contribution < 1.29 is 33.8 Å². The van der Waals surface area contributed by atoms with Gasteiger partial charge in [-0.2, -0.15) is 0 Å². The molecule has 0 spiro atoms. The standard InChI is InChI=1S/C32H30N4O7/c1-42-24-15-9-21(10-16-24)29(38)33-27-6-4-3-5-26(27)31(40)34-28(19-20-7-13-23(37)14-8-20)32(41)36-35-30(39)22-11-17-25(43-2)18-12-22/h3-18,28,37H,19H2,1-2H3,(H,33,38)(H,34,40)(H,35,39)(H,36,41). The Labute approximate surface area is 247 Å². The summed E-state index contributed by atoms with van der Waals surface area (Å²) in [6.45, 7) is 0. The number of nitrogens with one attached hydrogen (secondary N) is 4. The normalized spacial score (nSPS) is 11.0. The molecule has 0 bridgehead atoms. The number of hydrazine groups is 1. The lowest BCUT2D eigenvalue weighted by Gasteiger charge is -2.20. The highest BCUT2D eigenvalue weighted by Crippen LogP contribution is 2.19. The van der Waals surface area contributed by atoms with Crippen molar-refractivity contribution in [3.63, 3.8) is 0 Å². The van der Waals surface area contributed by atoms with Crippen LogP contribution in [0.4, 0.5) is 5.69 Å². The van der Waals surface area contributed by atoms with Crippen molar-refractivity contribution >= 4 is 29.3 Å². The Bertz CT molecular complexity index is 1590. The van der Waals surface area contributed by atoms with Crippen molar-refractivity contribution in [1.29, 1.82) is 0 Å². The third-order valence-corrected chi connectivity index (χ3v) is 6.42. The topological polar surface area (TPSA) is 155 Å². The van der Waals surface area contributed by atoms with Gasteiger partial charge in [0, 0.05) is 17.5 Å². The van der Waals surface area contributed by atoms with E-state index in [1.165, 1.54) is 44.6 Å². The first-order chi connectivity index (χ1) is 20.8. The molecule has 1 atom stereocenters. The number of amides is 4. The lowest BCUT2D eigenvalue weighted by atomic mass is 10.0. The van der Waals surface area contributed by atoms with Crippen LogP contribution in [-0.2, 0) is 11.2 Å². The number of hydrogen-bond acceptors (Lipinski definition) is 7. The predicted molar refractivity (Wildman–Crippen MR) is 159 cm³/mol. The molecule has 0 saturated heterocycles. The Morgan fingerprint density at radius 2 is 1.23 bits per heavy atom. The lowest BCUT2D eigenvalue weighted by Crippen LogP contribution is -2.53. The predicted octanol–water partition coefficient (Wildman–Crippen LogP) is 3.46. The minimum atomic E-state index is -1.14. The van der Waals surface area contributed by atoms with E-state index in [1.54, 1.807) is 66.7 Å². The van der Waals surface area contributed by atoms with Crippen LogP contribution >= 0.6 is 0 Å². The first kappa shape index (κ1) is 30.1. The number of para-hydroxylation sites is 1. The minimum Gasteiger partial charge on any atom is -0.508 e. The second-order valence-corrected chi connectivity index (χ2v) is 9.30. The quantitative estimate of drug-likeness (QED) is 0.179. The van der Waals surface area contributed by atoms with E-state index in [9.17, 15) is 24.3 Å². The van der Waals surface area contributed by atoms with Crippen molar-refractivity contribution in [1.82, 2.24) is 16.2 Å². The van der Waals surface area contributed by atoms with Crippen LogP contribution in [0.5, 0.6) is 17.2 Å². The zero-order valence-corrected chi connectivity index (χ0v) is 23.4. The fourth-order valence-electron chi connectivity index (χ4n) is 4.06. The number of aromatic hydroxyl groups is 1. The zero-order chi connectivity index (χ0) is 30.8. The average Bonchev–Trinajstić information content (AvgIpc) is 3.04. The molecule has 0 fully saturated rings. The molecule has 220 valence electrons. The van der Waals surface area contributed by atoms with Gasteiger partial charge >= 0.3 is 0 Å². The molecule has 5 N–H and O–H groups in total. The van der Waals surface area contributed by atoms with Gasteiger partial charge in [-0.05, 0) is 78.4 Å². The fraction of sp³-hybridized carbons (Fsp3) is 0.125. The van der Waals surface area contributed by atoms with Crippen molar-refractivity contribution in [3.05, 3.63) is 119 Å². The lowest BCUT2D eigenvalue weighted by molar-refractivity contribution is -0.123. The largest absolute Gasteiger partial charge is 0.508 e. The van der Waals surface area contributed by atoms with E-state index < -0.39 is 29.7 Å². The average molecular weight is 583 g/mol. The number of phenolic OH excluding ortho intramolecular Hbond substituents is 1. The van der Waals surface area contributed by atoms with Gasteiger partial charge < -0.3 is 25.2 Å². The second-order valence-electron chi connectivity index (χ2n) is 9.30. The number of methoxy groups -OCH3 is 2. The maximum absolute atomic E-state index is 13.4. The molecule has 0 aliphatic carbocycles. The van der Waals surface area contributed by atoms with E-state index in [0.29, 0.717) is 22.6 Å². The smallest absolute Gasteiger partial charge is 0.269 e. The first-order valence-electron chi connectivity index (χ1n) is 13.1. The van der Waals surface area contributed by atoms with Gasteiger partial charge in [-0.1, -0.05) is 24.3 Å². The van der Waals surface area contributed by atoms with E-state index in [4.69, 9.17) is 9.47 Å². The summed E-state index contributed by atoms with van der Waals surface area (Å²) in [6.07, 6.45) is 0.0383.